The van der Waals surface area contributed by atoms with Crippen LogP contribution in [-0.2, 0) is 0 Å². The highest BCUT2D eigenvalue weighted by atomic mass is 79.9. The maximum atomic E-state index is 12.5. The molecule has 0 aromatic heterocycles. The van der Waals surface area contributed by atoms with Crippen LogP contribution in [0.2, 0.25) is 0 Å². The molecule has 0 N–H and O–H groups in total. The van der Waals surface area contributed by atoms with Crippen molar-refractivity contribution in [1.29, 1.82) is 0 Å². The predicted octanol–water partition coefficient (Wildman–Crippen LogP) is 3.46. The molecule has 7 heteroatoms. The van der Waals surface area contributed by atoms with Gasteiger partial charge in [0.1, 0.15) is 5.75 Å². The van der Waals surface area contributed by atoms with E-state index in [1.165, 1.54) is 0 Å². The number of carbonyl (C=O) groups excluding carboxylic acids is 1. The molecule has 0 bridgehead atoms. The zero-order valence-electron chi connectivity index (χ0n) is 7.59. The molecule has 0 fully saturated rings. The van der Waals surface area contributed by atoms with Crippen molar-refractivity contribution in [3.05, 3.63) is 29.8 Å². The molecule has 1 rings (SSSR count). The molecule has 0 aliphatic heterocycles. The first-order chi connectivity index (χ1) is 7.30. The third-order valence-corrected chi connectivity index (χ3v) is 1.96. The number of benzene rings is 1. The molecule has 0 saturated carbocycles. The first-order valence-corrected chi connectivity index (χ1v) is 4.76. The Bertz CT molecular complexity index is 372. The zero-order chi connectivity index (χ0) is 12.3. The van der Waals surface area contributed by atoms with Crippen molar-refractivity contribution < 1.29 is 27.1 Å². The van der Waals surface area contributed by atoms with Crippen LogP contribution in [0, 0.1) is 0 Å². The highest BCUT2D eigenvalue weighted by Crippen LogP contribution is 2.27. The standard InChI is InChI=1S/C9H5BrF4O2/c10-9(13,14)7(15)5-1-3-6(4-2-5)16-8(11)12/h1-4,8H. The summed E-state index contributed by atoms with van der Waals surface area (Å²) in [6.07, 6.45) is 0. The number of hydrogen-bond acceptors (Lipinski definition) is 2. The third-order valence-electron chi connectivity index (χ3n) is 1.60. The molecule has 0 saturated heterocycles. The van der Waals surface area contributed by atoms with Gasteiger partial charge >= 0.3 is 11.4 Å². The Morgan fingerprint density at radius 3 is 2.12 bits per heavy atom. The summed E-state index contributed by atoms with van der Waals surface area (Å²) in [4.78, 5) is 7.35. The molecule has 0 unspecified atom stereocenters. The average molecular weight is 301 g/mol. The fourth-order valence-corrected chi connectivity index (χ4v) is 1.18. The molecule has 0 amide bonds. The smallest absolute Gasteiger partial charge is 0.387 e. The maximum Gasteiger partial charge on any atom is 0.387 e. The number of ketones is 1. The van der Waals surface area contributed by atoms with E-state index in [9.17, 15) is 22.4 Å². The van der Waals surface area contributed by atoms with Crippen LogP contribution >= 0.6 is 15.9 Å². The van der Waals surface area contributed by atoms with Crippen LogP contribution in [0.15, 0.2) is 24.3 Å². The quantitative estimate of drug-likeness (QED) is 0.483. The minimum atomic E-state index is -3.67. The zero-order valence-corrected chi connectivity index (χ0v) is 9.18. The molecule has 88 valence electrons. The number of halogens is 5. The average Bonchev–Trinajstić information content (AvgIpc) is 2.15. The van der Waals surface area contributed by atoms with E-state index in [-0.39, 0.29) is 11.3 Å². The molecule has 0 radical (unpaired) electrons. The summed E-state index contributed by atoms with van der Waals surface area (Å²) in [5.41, 5.74) is -0.302. The molecule has 2 nitrogen and oxygen atoms in total. The van der Waals surface area contributed by atoms with Gasteiger partial charge in [-0.05, 0) is 40.2 Å². The van der Waals surface area contributed by atoms with Gasteiger partial charge in [0.05, 0.1) is 0 Å². The molecule has 0 aliphatic carbocycles. The summed E-state index contributed by atoms with van der Waals surface area (Å²) in [6, 6.07) is 3.99. The molecule has 1 aromatic carbocycles. The minimum absolute atomic E-state index is 0.204. The van der Waals surface area contributed by atoms with Gasteiger partial charge < -0.3 is 4.74 Å². The van der Waals surface area contributed by atoms with E-state index in [2.05, 4.69) is 4.74 Å². The monoisotopic (exact) mass is 300 g/mol. The van der Waals surface area contributed by atoms with Crippen molar-refractivity contribution in [3.8, 4) is 5.75 Å². The topological polar surface area (TPSA) is 26.3 Å². The molecular weight excluding hydrogens is 296 g/mol. The van der Waals surface area contributed by atoms with Crippen molar-refractivity contribution >= 4 is 21.7 Å². The largest absolute Gasteiger partial charge is 0.435 e. The minimum Gasteiger partial charge on any atom is -0.435 e. The van der Waals surface area contributed by atoms with E-state index in [1.807, 2.05) is 15.9 Å². The van der Waals surface area contributed by atoms with Crippen LogP contribution in [0.25, 0.3) is 0 Å². The van der Waals surface area contributed by atoms with Crippen LogP contribution < -0.4 is 4.74 Å². The number of hydrogen-bond donors (Lipinski definition) is 0. The first-order valence-electron chi connectivity index (χ1n) is 3.97. The van der Waals surface area contributed by atoms with E-state index < -0.39 is 17.2 Å². The van der Waals surface area contributed by atoms with E-state index in [1.54, 1.807) is 0 Å². The number of alkyl halides is 5. The lowest BCUT2D eigenvalue weighted by Crippen LogP contribution is -2.20. The fourth-order valence-electron chi connectivity index (χ4n) is 0.951. The molecule has 16 heavy (non-hydrogen) atoms. The van der Waals surface area contributed by atoms with E-state index in [0.29, 0.717) is 0 Å². The summed E-state index contributed by atoms with van der Waals surface area (Å²) in [5, 5.41) is 0. The summed E-state index contributed by atoms with van der Waals surface area (Å²) < 4.78 is 52.6. The van der Waals surface area contributed by atoms with Gasteiger partial charge in [0, 0.05) is 5.56 Å². The molecule has 0 atom stereocenters. The van der Waals surface area contributed by atoms with Crippen LogP contribution in [0.1, 0.15) is 10.4 Å². The summed E-state index contributed by atoms with van der Waals surface area (Å²) in [5.74, 6) is -1.65. The van der Waals surface area contributed by atoms with Gasteiger partial charge in [0.25, 0.3) is 0 Å². The van der Waals surface area contributed by atoms with Gasteiger partial charge in [-0.2, -0.15) is 17.6 Å². The van der Waals surface area contributed by atoms with Crippen molar-refractivity contribution in [1.82, 2.24) is 0 Å². The second-order valence-electron chi connectivity index (χ2n) is 2.73. The number of ether oxygens (including phenoxy) is 1. The Hall–Kier alpha value is -1.11. The van der Waals surface area contributed by atoms with Gasteiger partial charge in [0.2, 0.25) is 5.78 Å². The summed E-state index contributed by atoms with van der Waals surface area (Å²) in [7, 11) is 0. The Balaban J connectivity index is 2.83. The van der Waals surface area contributed by atoms with E-state index in [4.69, 9.17) is 0 Å². The van der Waals surface area contributed by atoms with Crippen molar-refractivity contribution in [2.24, 2.45) is 0 Å². The van der Waals surface area contributed by atoms with Crippen LogP contribution in [0.5, 0.6) is 5.75 Å². The van der Waals surface area contributed by atoms with Crippen LogP contribution in [-0.4, -0.2) is 17.2 Å². The Morgan fingerprint density at radius 2 is 1.75 bits per heavy atom. The molecule has 1 aromatic rings. The van der Waals surface area contributed by atoms with Gasteiger partial charge in [0.15, 0.2) is 0 Å². The van der Waals surface area contributed by atoms with Crippen LogP contribution in [0.3, 0.4) is 0 Å². The Kier molecular flexibility index (Phi) is 3.90. The highest BCUT2D eigenvalue weighted by molar-refractivity contribution is 9.10. The van der Waals surface area contributed by atoms with Crippen molar-refractivity contribution in [2.45, 2.75) is 11.4 Å². The summed E-state index contributed by atoms with van der Waals surface area (Å²) in [6.45, 7) is -3.00. The Morgan fingerprint density at radius 1 is 1.25 bits per heavy atom. The number of rotatable bonds is 4. The van der Waals surface area contributed by atoms with Crippen LogP contribution in [0.4, 0.5) is 17.6 Å². The number of carbonyl (C=O) groups is 1. The molecule has 0 aliphatic rings. The van der Waals surface area contributed by atoms with Gasteiger partial charge in [-0.1, -0.05) is 0 Å². The lowest BCUT2D eigenvalue weighted by atomic mass is 10.1. The lowest BCUT2D eigenvalue weighted by molar-refractivity contribution is -0.0498. The highest BCUT2D eigenvalue weighted by Gasteiger charge is 2.35. The maximum absolute atomic E-state index is 12.5. The Labute approximate surface area is 96.3 Å². The van der Waals surface area contributed by atoms with E-state index in [0.717, 1.165) is 24.3 Å². The normalized spacial score (nSPS) is 11.6. The SMILES string of the molecule is O=C(c1ccc(OC(F)F)cc1)C(F)(F)Br. The predicted molar refractivity (Wildman–Crippen MR) is 51.3 cm³/mol. The third kappa shape index (κ3) is 3.48. The van der Waals surface area contributed by atoms with Gasteiger partial charge in [-0.25, -0.2) is 0 Å². The van der Waals surface area contributed by atoms with E-state index >= 15 is 0 Å². The second-order valence-corrected chi connectivity index (χ2v) is 3.73. The number of Topliss-reactive ketones (excluding diaryl/α,β-unsaturated/α-hetero) is 1. The first kappa shape index (κ1) is 13.0. The summed E-state index contributed by atoms with van der Waals surface area (Å²) >= 11 is 1.91. The van der Waals surface area contributed by atoms with Crippen molar-refractivity contribution in [3.63, 3.8) is 0 Å². The van der Waals surface area contributed by atoms with Gasteiger partial charge in [-0.3, -0.25) is 4.79 Å². The molecule has 0 spiro atoms. The molecule has 0 heterocycles. The van der Waals surface area contributed by atoms with Gasteiger partial charge in [-0.15, -0.1) is 0 Å². The second kappa shape index (κ2) is 4.82. The fraction of sp³-hybridized carbons (Fsp3) is 0.222. The molecular formula is C9H5BrF4O2. The lowest BCUT2D eigenvalue weighted by Gasteiger charge is -2.08. The van der Waals surface area contributed by atoms with Crippen molar-refractivity contribution in [2.75, 3.05) is 0 Å².